The van der Waals surface area contributed by atoms with Crippen molar-refractivity contribution in [1.82, 2.24) is 19.1 Å². The third-order valence-electron chi connectivity index (χ3n) is 3.14. The average Bonchev–Trinajstić information content (AvgIpc) is 2.92. The van der Waals surface area contributed by atoms with Crippen molar-refractivity contribution < 1.29 is 9.53 Å². The first-order valence-corrected chi connectivity index (χ1v) is 8.29. The van der Waals surface area contributed by atoms with Gasteiger partial charge in [-0.05, 0) is 13.3 Å². The number of hydrogen-bond donors (Lipinski definition) is 1. The topological polar surface area (TPSA) is 81.9 Å². The lowest BCUT2D eigenvalue weighted by Gasteiger charge is -2.02. The fourth-order valence-corrected chi connectivity index (χ4v) is 3.02. The minimum Gasteiger partial charge on any atom is -0.466 e. The molecule has 0 aliphatic carbocycles. The number of aromatic nitrogens is 4. The van der Waals surface area contributed by atoms with E-state index in [2.05, 4.69) is 9.97 Å². The SMILES string of the molecule is CCOC(=O)CCCSc1nc2c([nH]1)c(=S)n(C)c(=O)n2C. The summed E-state index contributed by atoms with van der Waals surface area (Å²) >= 11 is 6.75. The third kappa shape index (κ3) is 3.41. The second-order valence-corrected chi connectivity index (χ2v) is 6.17. The van der Waals surface area contributed by atoms with E-state index in [0.717, 1.165) is 5.75 Å². The molecule has 0 aromatic carbocycles. The fourth-order valence-electron chi connectivity index (χ4n) is 1.99. The molecular weight excluding hydrogens is 324 g/mol. The van der Waals surface area contributed by atoms with Crippen LogP contribution in [0.5, 0.6) is 0 Å². The Morgan fingerprint density at radius 3 is 2.82 bits per heavy atom. The van der Waals surface area contributed by atoms with Crippen LogP contribution in [0.1, 0.15) is 19.8 Å². The van der Waals surface area contributed by atoms with Crippen LogP contribution in [0.25, 0.3) is 11.2 Å². The van der Waals surface area contributed by atoms with E-state index in [4.69, 9.17) is 17.0 Å². The maximum atomic E-state index is 12.0. The maximum Gasteiger partial charge on any atom is 0.330 e. The number of ether oxygens (including phenoxy) is 1. The first-order valence-electron chi connectivity index (χ1n) is 6.89. The van der Waals surface area contributed by atoms with Crippen molar-refractivity contribution >= 4 is 41.1 Å². The highest BCUT2D eigenvalue weighted by Gasteiger charge is 2.11. The molecule has 2 rings (SSSR count). The van der Waals surface area contributed by atoms with E-state index in [1.165, 1.54) is 20.9 Å². The predicted octanol–water partition coefficient (Wildman–Crippen LogP) is 1.76. The number of nitrogens with zero attached hydrogens (tertiary/aromatic N) is 3. The van der Waals surface area contributed by atoms with Gasteiger partial charge in [0.1, 0.15) is 10.2 Å². The minimum atomic E-state index is -0.206. The van der Waals surface area contributed by atoms with Crippen molar-refractivity contribution in [2.75, 3.05) is 12.4 Å². The van der Waals surface area contributed by atoms with Crippen molar-refractivity contribution in [2.45, 2.75) is 24.9 Å². The Morgan fingerprint density at radius 1 is 1.41 bits per heavy atom. The molecule has 0 spiro atoms. The molecule has 9 heteroatoms. The van der Waals surface area contributed by atoms with Crippen LogP contribution in [-0.4, -0.2) is 37.4 Å². The van der Waals surface area contributed by atoms with Crippen molar-refractivity contribution in [2.24, 2.45) is 14.1 Å². The Bertz CT molecular complexity index is 806. The summed E-state index contributed by atoms with van der Waals surface area (Å²) < 4.78 is 8.18. The Labute approximate surface area is 136 Å². The van der Waals surface area contributed by atoms with Crippen LogP contribution in [0, 0.1) is 4.64 Å². The molecule has 2 aromatic rings. The number of aromatic amines is 1. The van der Waals surface area contributed by atoms with Gasteiger partial charge in [0.15, 0.2) is 10.8 Å². The number of fused-ring (bicyclic) bond motifs is 1. The molecule has 120 valence electrons. The standard InChI is InChI=1S/C13H18N4O3S2/c1-4-20-8(18)6-5-7-22-12-14-9-10(15-12)16(2)13(19)17(3)11(9)21/h4-7H2,1-3H3,(H,14,15). The summed E-state index contributed by atoms with van der Waals surface area (Å²) in [6, 6.07) is 0. The van der Waals surface area contributed by atoms with Gasteiger partial charge in [-0.2, -0.15) is 0 Å². The van der Waals surface area contributed by atoms with Crippen LogP contribution >= 0.6 is 24.0 Å². The minimum absolute atomic E-state index is 0.185. The number of esters is 1. The number of rotatable bonds is 6. The van der Waals surface area contributed by atoms with Gasteiger partial charge in [0.05, 0.1) is 6.61 Å². The average molecular weight is 342 g/mol. The quantitative estimate of drug-likeness (QED) is 0.373. The second kappa shape index (κ2) is 7.10. The first-order chi connectivity index (χ1) is 10.5. The molecule has 0 amide bonds. The Balaban J connectivity index is 2.09. The third-order valence-corrected chi connectivity index (χ3v) is 4.58. The zero-order valence-corrected chi connectivity index (χ0v) is 14.3. The number of thioether (sulfide) groups is 1. The molecule has 0 atom stereocenters. The highest BCUT2D eigenvalue weighted by atomic mass is 32.2. The van der Waals surface area contributed by atoms with E-state index < -0.39 is 0 Å². The molecule has 0 saturated heterocycles. The Kier molecular flexibility index (Phi) is 5.41. The lowest BCUT2D eigenvalue weighted by atomic mass is 10.3. The van der Waals surface area contributed by atoms with Gasteiger partial charge >= 0.3 is 11.7 Å². The molecule has 22 heavy (non-hydrogen) atoms. The van der Waals surface area contributed by atoms with Gasteiger partial charge < -0.3 is 9.72 Å². The molecule has 0 unspecified atom stereocenters. The summed E-state index contributed by atoms with van der Waals surface area (Å²) in [6.45, 7) is 2.19. The largest absolute Gasteiger partial charge is 0.466 e. The maximum absolute atomic E-state index is 12.0. The van der Waals surface area contributed by atoms with Crippen molar-refractivity contribution in [1.29, 1.82) is 0 Å². The molecule has 2 aromatic heterocycles. The van der Waals surface area contributed by atoms with Crippen LogP contribution in [-0.2, 0) is 23.6 Å². The second-order valence-electron chi connectivity index (χ2n) is 4.70. The number of aryl methyl sites for hydroxylation is 1. The molecule has 1 N–H and O–H groups in total. The predicted molar refractivity (Wildman–Crippen MR) is 87.7 cm³/mol. The molecule has 0 aliphatic rings. The van der Waals surface area contributed by atoms with Crippen molar-refractivity contribution in [3.63, 3.8) is 0 Å². The highest BCUT2D eigenvalue weighted by Crippen LogP contribution is 2.20. The van der Waals surface area contributed by atoms with Gasteiger partial charge in [0, 0.05) is 26.3 Å². The van der Waals surface area contributed by atoms with Crippen molar-refractivity contribution in [3.05, 3.63) is 15.1 Å². The molecule has 2 heterocycles. The van der Waals surface area contributed by atoms with Gasteiger partial charge in [-0.3, -0.25) is 13.9 Å². The van der Waals surface area contributed by atoms with Gasteiger partial charge in [0.25, 0.3) is 0 Å². The summed E-state index contributed by atoms with van der Waals surface area (Å²) in [5.74, 6) is 0.542. The molecule has 7 nitrogen and oxygen atoms in total. The molecule has 0 saturated carbocycles. The zero-order chi connectivity index (χ0) is 16.3. The number of H-pyrrole nitrogens is 1. The lowest BCUT2D eigenvalue weighted by molar-refractivity contribution is -0.143. The molecule has 0 fully saturated rings. The van der Waals surface area contributed by atoms with E-state index in [0.29, 0.717) is 40.4 Å². The molecule has 0 radical (unpaired) electrons. The fraction of sp³-hybridized carbons (Fsp3) is 0.538. The summed E-state index contributed by atoms with van der Waals surface area (Å²) in [6.07, 6.45) is 1.09. The van der Waals surface area contributed by atoms with Crippen LogP contribution in [0.15, 0.2) is 9.95 Å². The number of carbonyl (C=O) groups is 1. The summed E-state index contributed by atoms with van der Waals surface area (Å²) in [7, 11) is 3.30. The van der Waals surface area contributed by atoms with E-state index in [-0.39, 0.29) is 11.7 Å². The lowest BCUT2D eigenvalue weighted by Crippen LogP contribution is -2.27. The number of carbonyl (C=O) groups excluding carboxylic acids is 1. The summed E-state index contributed by atoms with van der Waals surface area (Å²) in [4.78, 5) is 30.7. The van der Waals surface area contributed by atoms with Crippen LogP contribution in [0.4, 0.5) is 0 Å². The van der Waals surface area contributed by atoms with Crippen LogP contribution < -0.4 is 5.69 Å². The summed E-state index contributed by atoms with van der Waals surface area (Å²) in [5.41, 5.74) is 1.01. The molecule has 0 bridgehead atoms. The highest BCUT2D eigenvalue weighted by molar-refractivity contribution is 7.99. The van der Waals surface area contributed by atoms with Gasteiger partial charge in [0.2, 0.25) is 0 Å². The van der Waals surface area contributed by atoms with Crippen LogP contribution in [0.3, 0.4) is 0 Å². The van der Waals surface area contributed by atoms with Gasteiger partial charge in [-0.25, -0.2) is 9.78 Å². The number of nitrogens with one attached hydrogen (secondary N) is 1. The van der Waals surface area contributed by atoms with E-state index >= 15 is 0 Å². The first kappa shape index (κ1) is 16.8. The van der Waals surface area contributed by atoms with E-state index in [9.17, 15) is 9.59 Å². The zero-order valence-electron chi connectivity index (χ0n) is 12.7. The van der Waals surface area contributed by atoms with E-state index in [1.807, 2.05) is 0 Å². The number of imidazole rings is 1. The Morgan fingerprint density at radius 2 is 2.14 bits per heavy atom. The Hall–Kier alpha value is -1.61. The smallest absolute Gasteiger partial charge is 0.330 e. The van der Waals surface area contributed by atoms with Gasteiger partial charge in [-0.1, -0.05) is 24.0 Å². The summed E-state index contributed by atoms with van der Waals surface area (Å²) in [5, 5.41) is 0.686. The van der Waals surface area contributed by atoms with Gasteiger partial charge in [-0.15, -0.1) is 0 Å². The number of hydrogen-bond acceptors (Lipinski definition) is 6. The van der Waals surface area contributed by atoms with Crippen molar-refractivity contribution in [3.8, 4) is 0 Å². The molecule has 0 aliphatic heterocycles. The monoisotopic (exact) mass is 342 g/mol. The van der Waals surface area contributed by atoms with Crippen LogP contribution in [0.2, 0.25) is 0 Å². The van der Waals surface area contributed by atoms with E-state index in [1.54, 1.807) is 21.0 Å². The molecular formula is C13H18N4O3S2. The normalized spacial score (nSPS) is 11.0.